The highest BCUT2D eigenvalue weighted by molar-refractivity contribution is 7.92. The van der Waals surface area contributed by atoms with Crippen LogP contribution in [0.1, 0.15) is 32.9 Å². The van der Waals surface area contributed by atoms with Crippen LogP contribution in [0.3, 0.4) is 0 Å². The topological polar surface area (TPSA) is 68.2 Å². The van der Waals surface area contributed by atoms with E-state index in [0.29, 0.717) is 28.4 Å². The molecule has 0 aliphatic heterocycles. The van der Waals surface area contributed by atoms with Gasteiger partial charge in [0.1, 0.15) is 0 Å². The Hall–Kier alpha value is -2.57. The van der Waals surface area contributed by atoms with Crippen LogP contribution in [0.2, 0.25) is 5.02 Å². The zero-order valence-electron chi connectivity index (χ0n) is 15.9. The lowest BCUT2D eigenvalue weighted by atomic mass is 10.1. The van der Waals surface area contributed by atoms with Crippen molar-refractivity contribution in [2.75, 3.05) is 11.0 Å². The third kappa shape index (κ3) is 4.64. The van der Waals surface area contributed by atoms with Gasteiger partial charge in [-0.25, -0.2) is 8.42 Å². The number of carbonyl (C=O) groups is 1. The molecule has 0 radical (unpaired) electrons. The summed E-state index contributed by atoms with van der Waals surface area (Å²) in [5.74, 6) is -0.0802. The molecule has 5 nitrogen and oxygen atoms in total. The first-order valence-corrected chi connectivity index (χ1v) is 10.9. The summed E-state index contributed by atoms with van der Waals surface area (Å²) in [4.78, 5) is 12.8. The van der Waals surface area contributed by atoms with Crippen LogP contribution in [0.5, 0.6) is 0 Å². The fraction of sp³-hybridized carbons (Fsp3) is 0.190. The van der Waals surface area contributed by atoms with Gasteiger partial charge in [0.2, 0.25) is 15.8 Å². The van der Waals surface area contributed by atoms with Crippen molar-refractivity contribution in [2.45, 2.75) is 13.3 Å². The van der Waals surface area contributed by atoms with E-state index in [9.17, 15) is 13.2 Å². The molecule has 1 heterocycles. The molecule has 3 aromatic rings. The van der Waals surface area contributed by atoms with Gasteiger partial charge in [0.25, 0.3) is 0 Å². The summed E-state index contributed by atoms with van der Waals surface area (Å²) in [7, 11) is -1.49. The molecule has 146 valence electrons. The summed E-state index contributed by atoms with van der Waals surface area (Å²) in [5.41, 5.74) is 4.51. The number of nitrogens with one attached hydrogen (secondary N) is 1. The molecule has 0 atom stereocenters. The second-order valence-electron chi connectivity index (χ2n) is 6.83. The number of benzene rings is 2. The number of carbonyl (C=O) groups excluding carboxylic acids is 1. The van der Waals surface area contributed by atoms with Crippen molar-refractivity contribution in [3.63, 3.8) is 0 Å². The minimum atomic E-state index is -3.31. The molecule has 3 rings (SSSR count). The molecule has 28 heavy (non-hydrogen) atoms. The molecule has 1 aromatic heterocycles. The number of hydrogen-bond donors (Lipinski definition) is 1. The lowest BCUT2D eigenvalue weighted by Gasteiger charge is -2.09. The largest absolute Gasteiger partial charge is 0.343 e. The van der Waals surface area contributed by atoms with Crippen LogP contribution in [0.4, 0.5) is 5.69 Å². The molecule has 0 saturated heterocycles. The van der Waals surface area contributed by atoms with Crippen molar-refractivity contribution in [1.82, 2.24) is 4.57 Å². The highest BCUT2D eigenvalue weighted by Crippen LogP contribution is 2.26. The molecule has 0 spiro atoms. The van der Waals surface area contributed by atoms with E-state index in [-0.39, 0.29) is 5.78 Å². The Labute approximate surface area is 170 Å². The van der Waals surface area contributed by atoms with Crippen LogP contribution in [0.25, 0.3) is 0 Å². The van der Waals surface area contributed by atoms with Gasteiger partial charge in [-0.15, -0.1) is 0 Å². The van der Waals surface area contributed by atoms with Crippen molar-refractivity contribution in [3.05, 3.63) is 87.7 Å². The minimum Gasteiger partial charge on any atom is -0.343 e. The van der Waals surface area contributed by atoms with E-state index in [1.165, 1.54) is 0 Å². The SMILES string of the molecule is Cc1ccc(C(=O)c2cc(Cl)c(Cc3ccc(NS(C)(=O)=O)cc3)n2C)cc1. The Morgan fingerprint density at radius 2 is 1.68 bits per heavy atom. The number of nitrogens with zero attached hydrogens (tertiary/aromatic N) is 1. The Morgan fingerprint density at radius 3 is 2.25 bits per heavy atom. The van der Waals surface area contributed by atoms with Crippen molar-refractivity contribution < 1.29 is 13.2 Å². The van der Waals surface area contributed by atoms with Gasteiger partial charge in [-0.05, 0) is 30.7 Å². The van der Waals surface area contributed by atoms with E-state index in [1.807, 2.05) is 54.9 Å². The van der Waals surface area contributed by atoms with E-state index >= 15 is 0 Å². The van der Waals surface area contributed by atoms with E-state index in [0.717, 1.165) is 23.1 Å². The zero-order valence-corrected chi connectivity index (χ0v) is 17.4. The van der Waals surface area contributed by atoms with Gasteiger partial charge in [0, 0.05) is 30.4 Å². The third-order valence-corrected chi connectivity index (χ3v) is 5.41. The lowest BCUT2D eigenvalue weighted by Crippen LogP contribution is -2.10. The number of rotatable bonds is 6. The predicted octanol–water partition coefficient (Wildman–Crippen LogP) is 4.18. The first-order chi connectivity index (χ1) is 13.1. The van der Waals surface area contributed by atoms with E-state index in [1.54, 1.807) is 18.2 Å². The van der Waals surface area contributed by atoms with Gasteiger partial charge in [-0.2, -0.15) is 0 Å². The Morgan fingerprint density at radius 1 is 1.07 bits per heavy atom. The van der Waals surface area contributed by atoms with E-state index in [4.69, 9.17) is 11.6 Å². The van der Waals surface area contributed by atoms with Crippen LogP contribution >= 0.6 is 11.6 Å². The van der Waals surface area contributed by atoms with Gasteiger partial charge in [0.05, 0.1) is 17.0 Å². The van der Waals surface area contributed by atoms with Crippen molar-refractivity contribution >= 4 is 33.1 Å². The van der Waals surface area contributed by atoms with Crippen LogP contribution < -0.4 is 4.72 Å². The molecule has 1 N–H and O–H groups in total. The average molecular weight is 417 g/mol. The van der Waals surface area contributed by atoms with Gasteiger partial charge < -0.3 is 4.57 Å². The summed E-state index contributed by atoms with van der Waals surface area (Å²) < 4.78 is 26.9. The minimum absolute atomic E-state index is 0.0802. The highest BCUT2D eigenvalue weighted by Gasteiger charge is 2.18. The summed E-state index contributed by atoms with van der Waals surface area (Å²) in [5, 5.41) is 0.524. The maximum absolute atomic E-state index is 12.8. The normalized spacial score (nSPS) is 11.4. The number of hydrogen-bond acceptors (Lipinski definition) is 3. The molecule has 0 aliphatic rings. The molecular weight excluding hydrogens is 396 g/mol. The van der Waals surface area contributed by atoms with Crippen LogP contribution in [-0.2, 0) is 23.5 Å². The number of aromatic nitrogens is 1. The van der Waals surface area contributed by atoms with Gasteiger partial charge in [0.15, 0.2) is 0 Å². The number of anilines is 1. The molecule has 0 bridgehead atoms. The molecule has 7 heteroatoms. The fourth-order valence-corrected chi connectivity index (χ4v) is 3.84. The standard InChI is InChI=1S/C21H21ClN2O3S/c1-14-4-8-16(9-5-14)21(25)20-13-18(22)19(24(20)2)12-15-6-10-17(11-7-15)23-28(3,26)27/h4-11,13,23H,12H2,1-3H3. The fourth-order valence-electron chi connectivity index (χ4n) is 2.98. The first-order valence-electron chi connectivity index (χ1n) is 8.66. The second kappa shape index (κ2) is 7.81. The Bertz CT molecular complexity index is 1120. The third-order valence-electron chi connectivity index (χ3n) is 4.48. The number of ketones is 1. The van der Waals surface area contributed by atoms with Crippen LogP contribution in [0.15, 0.2) is 54.6 Å². The summed E-state index contributed by atoms with van der Waals surface area (Å²) in [6, 6.07) is 16.2. The lowest BCUT2D eigenvalue weighted by molar-refractivity contribution is 0.103. The molecule has 2 aromatic carbocycles. The first kappa shape index (κ1) is 20.2. The predicted molar refractivity (Wildman–Crippen MR) is 113 cm³/mol. The maximum Gasteiger partial charge on any atom is 0.229 e. The quantitative estimate of drug-likeness (QED) is 0.613. The van der Waals surface area contributed by atoms with Crippen molar-refractivity contribution in [2.24, 2.45) is 7.05 Å². The summed E-state index contributed by atoms with van der Waals surface area (Å²) in [6.45, 7) is 1.97. The smallest absolute Gasteiger partial charge is 0.229 e. The monoisotopic (exact) mass is 416 g/mol. The van der Waals surface area contributed by atoms with E-state index in [2.05, 4.69) is 4.72 Å². The van der Waals surface area contributed by atoms with E-state index < -0.39 is 10.0 Å². The molecule has 0 saturated carbocycles. The average Bonchev–Trinajstić information content (AvgIpc) is 2.90. The Balaban J connectivity index is 1.84. The number of halogens is 1. The molecule has 0 aliphatic carbocycles. The molecule has 0 amide bonds. The molecule has 0 unspecified atom stereocenters. The van der Waals surface area contributed by atoms with Crippen LogP contribution in [0, 0.1) is 6.92 Å². The van der Waals surface area contributed by atoms with Gasteiger partial charge >= 0.3 is 0 Å². The highest BCUT2D eigenvalue weighted by atomic mass is 35.5. The maximum atomic E-state index is 12.8. The summed E-state index contributed by atoms with van der Waals surface area (Å²) >= 11 is 6.41. The second-order valence-corrected chi connectivity index (χ2v) is 8.98. The Kier molecular flexibility index (Phi) is 5.63. The molecule has 0 fully saturated rings. The van der Waals surface area contributed by atoms with Crippen molar-refractivity contribution in [3.8, 4) is 0 Å². The molecular formula is C21H21ClN2O3S. The zero-order chi connectivity index (χ0) is 20.5. The number of sulfonamides is 1. The van der Waals surface area contributed by atoms with Gasteiger partial charge in [-0.1, -0.05) is 53.6 Å². The number of aryl methyl sites for hydroxylation is 1. The summed E-state index contributed by atoms with van der Waals surface area (Å²) in [6.07, 6.45) is 1.63. The van der Waals surface area contributed by atoms with Gasteiger partial charge in [-0.3, -0.25) is 9.52 Å². The van der Waals surface area contributed by atoms with Crippen LogP contribution in [-0.4, -0.2) is 25.0 Å². The van der Waals surface area contributed by atoms with Crippen molar-refractivity contribution in [1.29, 1.82) is 0 Å².